The lowest BCUT2D eigenvalue weighted by molar-refractivity contribution is 0.123. The van der Waals surface area contributed by atoms with Crippen LogP contribution in [-0.4, -0.2) is 17.2 Å². The molecule has 0 spiro atoms. The first-order valence-electron chi connectivity index (χ1n) is 6.50. The van der Waals surface area contributed by atoms with Gasteiger partial charge in [0.25, 0.3) is 0 Å². The third-order valence-electron chi connectivity index (χ3n) is 2.26. The Labute approximate surface area is 110 Å². The van der Waals surface area contributed by atoms with Crippen LogP contribution >= 0.6 is 0 Å². The Balaban J connectivity index is 2.63. The third kappa shape index (κ3) is 5.25. The molecule has 2 N–H and O–H groups in total. The van der Waals surface area contributed by atoms with Gasteiger partial charge in [0.15, 0.2) is 0 Å². The Bertz CT molecular complexity index is 373. The first-order chi connectivity index (χ1) is 8.42. The molecule has 1 aromatic rings. The predicted molar refractivity (Wildman–Crippen MR) is 74.1 cm³/mol. The van der Waals surface area contributed by atoms with Crippen LogP contribution in [0.3, 0.4) is 0 Å². The minimum Gasteiger partial charge on any atom is -0.478 e. The second kappa shape index (κ2) is 6.47. The van der Waals surface area contributed by atoms with Crippen molar-refractivity contribution in [2.24, 2.45) is 0 Å². The summed E-state index contributed by atoms with van der Waals surface area (Å²) < 4.78 is 11.3. The highest BCUT2D eigenvalue weighted by Gasteiger charge is 2.15. The second-order valence-electron chi connectivity index (χ2n) is 5.31. The number of pyridine rings is 1. The van der Waals surface area contributed by atoms with Gasteiger partial charge in [0.2, 0.25) is 11.8 Å². The SMILES string of the molecule is CCCCCOc1ccc(N)c(OC(C)(C)C)n1. The highest BCUT2D eigenvalue weighted by molar-refractivity contribution is 5.49. The van der Waals surface area contributed by atoms with Crippen molar-refractivity contribution in [3.8, 4) is 11.8 Å². The number of hydrogen-bond acceptors (Lipinski definition) is 4. The molecule has 0 saturated heterocycles. The topological polar surface area (TPSA) is 57.4 Å². The van der Waals surface area contributed by atoms with Crippen LogP contribution in [0.1, 0.15) is 47.0 Å². The summed E-state index contributed by atoms with van der Waals surface area (Å²) in [6.07, 6.45) is 3.38. The van der Waals surface area contributed by atoms with E-state index in [1.807, 2.05) is 20.8 Å². The van der Waals surface area contributed by atoms with Crippen molar-refractivity contribution in [3.05, 3.63) is 12.1 Å². The van der Waals surface area contributed by atoms with Gasteiger partial charge in [0.05, 0.1) is 12.3 Å². The van der Waals surface area contributed by atoms with Crippen molar-refractivity contribution in [1.82, 2.24) is 4.98 Å². The van der Waals surface area contributed by atoms with E-state index in [0.717, 1.165) is 6.42 Å². The van der Waals surface area contributed by atoms with Crippen LogP contribution < -0.4 is 15.2 Å². The van der Waals surface area contributed by atoms with Gasteiger partial charge < -0.3 is 15.2 Å². The molecule has 0 bridgehead atoms. The Morgan fingerprint density at radius 3 is 2.56 bits per heavy atom. The number of rotatable bonds is 6. The molecule has 0 saturated carbocycles. The van der Waals surface area contributed by atoms with Crippen molar-refractivity contribution in [3.63, 3.8) is 0 Å². The van der Waals surface area contributed by atoms with E-state index in [9.17, 15) is 0 Å². The van der Waals surface area contributed by atoms with E-state index < -0.39 is 0 Å². The van der Waals surface area contributed by atoms with Crippen molar-refractivity contribution in [1.29, 1.82) is 0 Å². The molecule has 0 aliphatic heterocycles. The Morgan fingerprint density at radius 1 is 1.22 bits per heavy atom. The van der Waals surface area contributed by atoms with Gasteiger partial charge in [-0.2, -0.15) is 4.98 Å². The first kappa shape index (κ1) is 14.6. The Morgan fingerprint density at radius 2 is 1.94 bits per heavy atom. The van der Waals surface area contributed by atoms with Crippen LogP contribution in [0.5, 0.6) is 11.8 Å². The number of unbranched alkanes of at least 4 members (excludes halogenated alkanes) is 2. The van der Waals surface area contributed by atoms with Crippen LogP contribution in [0, 0.1) is 0 Å². The average molecular weight is 252 g/mol. The van der Waals surface area contributed by atoms with Crippen LogP contribution in [0.25, 0.3) is 0 Å². The molecule has 0 amide bonds. The van der Waals surface area contributed by atoms with E-state index in [1.165, 1.54) is 12.8 Å². The maximum atomic E-state index is 5.83. The highest BCUT2D eigenvalue weighted by Crippen LogP contribution is 2.25. The third-order valence-corrected chi connectivity index (χ3v) is 2.26. The standard InChI is InChI=1S/C14H24N2O2/c1-5-6-7-10-17-12-9-8-11(15)13(16-12)18-14(2,3)4/h8-9H,5-7,10,15H2,1-4H3. The minimum absolute atomic E-state index is 0.318. The maximum Gasteiger partial charge on any atom is 0.241 e. The molecule has 0 aliphatic carbocycles. The van der Waals surface area contributed by atoms with Crippen LogP contribution in [-0.2, 0) is 0 Å². The molecule has 1 aromatic heterocycles. The van der Waals surface area contributed by atoms with Crippen molar-refractivity contribution >= 4 is 5.69 Å². The van der Waals surface area contributed by atoms with Crippen LogP contribution in [0.4, 0.5) is 5.69 Å². The molecule has 4 nitrogen and oxygen atoms in total. The summed E-state index contributed by atoms with van der Waals surface area (Å²) in [7, 11) is 0. The second-order valence-corrected chi connectivity index (χ2v) is 5.31. The number of anilines is 1. The Hall–Kier alpha value is -1.45. The van der Waals surface area contributed by atoms with Gasteiger partial charge in [0.1, 0.15) is 5.60 Å². The van der Waals surface area contributed by atoms with Crippen LogP contribution in [0.2, 0.25) is 0 Å². The number of ether oxygens (including phenoxy) is 2. The number of nitrogen functional groups attached to an aromatic ring is 1. The summed E-state index contributed by atoms with van der Waals surface area (Å²) in [5.74, 6) is 1.01. The van der Waals surface area contributed by atoms with E-state index in [0.29, 0.717) is 24.1 Å². The zero-order valence-electron chi connectivity index (χ0n) is 11.8. The predicted octanol–water partition coefficient (Wildman–Crippen LogP) is 3.41. The fourth-order valence-electron chi connectivity index (χ4n) is 1.42. The lowest BCUT2D eigenvalue weighted by Gasteiger charge is -2.21. The molecule has 0 unspecified atom stereocenters. The number of hydrogen-bond donors (Lipinski definition) is 1. The largest absolute Gasteiger partial charge is 0.478 e. The molecule has 1 rings (SSSR count). The van der Waals surface area contributed by atoms with Gasteiger partial charge in [-0.15, -0.1) is 0 Å². The zero-order valence-corrected chi connectivity index (χ0v) is 11.8. The van der Waals surface area contributed by atoms with Gasteiger partial charge >= 0.3 is 0 Å². The Kier molecular flexibility index (Phi) is 5.25. The summed E-state index contributed by atoms with van der Waals surface area (Å²) in [5.41, 5.74) is 6.05. The minimum atomic E-state index is -0.318. The van der Waals surface area contributed by atoms with Gasteiger partial charge in [-0.05, 0) is 33.3 Å². The van der Waals surface area contributed by atoms with Gasteiger partial charge in [-0.1, -0.05) is 19.8 Å². The summed E-state index contributed by atoms with van der Waals surface area (Å²) >= 11 is 0. The van der Waals surface area contributed by atoms with E-state index >= 15 is 0 Å². The normalized spacial score (nSPS) is 11.3. The molecule has 1 heterocycles. The lowest BCUT2D eigenvalue weighted by Crippen LogP contribution is -2.24. The molecule has 4 heteroatoms. The first-order valence-corrected chi connectivity index (χ1v) is 6.50. The van der Waals surface area contributed by atoms with E-state index in [2.05, 4.69) is 11.9 Å². The van der Waals surface area contributed by atoms with Crippen molar-refractivity contribution in [2.45, 2.75) is 52.6 Å². The smallest absolute Gasteiger partial charge is 0.241 e. The zero-order chi connectivity index (χ0) is 13.6. The highest BCUT2D eigenvalue weighted by atomic mass is 16.5. The maximum absolute atomic E-state index is 5.83. The molecular weight excluding hydrogens is 228 g/mol. The monoisotopic (exact) mass is 252 g/mol. The molecule has 0 aromatic carbocycles. The van der Waals surface area contributed by atoms with Gasteiger partial charge in [-0.25, -0.2) is 0 Å². The van der Waals surface area contributed by atoms with Crippen LogP contribution in [0.15, 0.2) is 12.1 Å². The fraction of sp³-hybridized carbons (Fsp3) is 0.643. The van der Waals surface area contributed by atoms with E-state index in [-0.39, 0.29) is 5.60 Å². The van der Waals surface area contributed by atoms with Crippen molar-refractivity contribution < 1.29 is 9.47 Å². The quantitative estimate of drug-likeness (QED) is 0.788. The molecule has 102 valence electrons. The average Bonchev–Trinajstić information content (AvgIpc) is 2.27. The molecule has 18 heavy (non-hydrogen) atoms. The summed E-state index contributed by atoms with van der Waals surface area (Å²) in [4.78, 5) is 4.29. The summed E-state index contributed by atoms with van der Waals surface area (Å²) in [6, 6.07) is 3.54. The molecular formula is C14H24N2O2. The van der Waals surface area contributed by atoms with E-state index in [1.54, 1.807) is 12.1 Å². The fourth-order valence-corrected chi connectivity index (χ4v) is 1.42. The van der Waals surface area contributed by atoms with E-state index in [4.69, 9.17) is 15.2 Å². The van der Waals surface area contributed by atoms with Gasteiger partial charge in [0, 0.05) is 6.07 Å². The number of nitrogens with zero attached hydrogens (tertiary/aromatic N) is 1. The number of nitrogens with two attached hydrogens (primary N) is 1. The molecule has 0 fully saturated rings. The molecule has 0 radical (unpaired) electrons. The van der Waals surface area contributed by atoms with Gasteiger partial charge in [-0.3, -0.25) is 0 Å². The molecule has 0 atom stereocenters. The lowest BCUT2D eigenvalue weighted by atomic mass is 10.2. The summed E-state index contributed by atoms with van der Waals surface area (Å²) in [6.45, 7) is 8.73. The molecule has 0 aliphatic rings. The summed E-state index contributed by atoms with van der Waals surface area (Å²) in [5, 5.41) is 0. The van der Waals surface area contributed by atoms with Crippen molar-refractivity contribution in [2.75, 3.05) is 12.3 Å². The number of aromatic nitrogens is 1.